The Balaban J connectivity index is 1.64. The lowest BCUT2D eigenvalue weighted by atomic mass is 9.96. The number of carbonyl (C=O) groups is 1. The van der Waals surface area contributed by atoms with E-state index in [4.69, 9.17) is 8.94 Å². The molecule has 3 aromatic heterocycles. The number of aryl methyl sites for hydroxylation is 1. The van der Waals surface area contributed by atoms with Crippen molar-refractivity contribution in [1.29, 1.82) is 0 Å². The molecule has 4 rings (SSSR count). The lowest BCUT2D eigenvalue weighted by molar-refractivity contribution is -0.125. The van der Waals surface area contributed by atoms with E-state index < -0.39 is 6.04 Å². The van der Waals surface area contributed by atoms with Gasteiger partial charge in [0.2, 0.25) is 5.91 Å². The Bertz CT molecular complexity index is 1080. The van der Waals surface area contributed by atoms with Crippen molar-refractivity contribution in [3.05, 3.63) is 46.6 Å². The van der Waals surface area contributed by atoms with Gasteiger partial charge in [0.25, 0.3) is 5.56 Å². The van der Waals surface area contributed by atoms with E-state index in [2.05, 4.69) is 15.6 Å². The third kappa shape index (κ3) is 4.78. The Kier molecular flexibility index (Phi) is 6.34. The van der Waals surface area contributed by atoms with Gasteiger partial charge in [-0.3, -0.25) is 9.59 Å². The molecule has 0 bridgehead atoms. The van der Waals surface area contributed by atoms with E-state index in [1.807, 2.05) is 0 Å². The van der Waals surface area contributed by atoms with Crippen molar-refractivity contribution < 1.29 is 13.7 Å². The lowest BCUT2D eigenvalue weighted by Crippen LogP contribution is -2.42. The SMILES string of the molecule is Cc1cc(-c2cc(=O)n(C(C)C(=O)NC3CCCCCCC3)nc2-c2ccco2)on1. The maximum absolute atomic E-state index is 13.0. The standard InChI is InChI=1S/C23H28N4O4/c1-15-13-20(31-26-15)18-14-21(28)27(25-22(18)19-11-8-12-30-19)16(2)23(29)24-17-9-6-4-3-5-7-10-17/h8,11-14,16-17H,3-7,9-10H2,1-2H3,(H,24,29). The summed E-state index contributed by atoms with van der Waals surface area (Å²) in [6.07, 6.45) is 9.40. The van der Waals surface area contributed by atoms with Crippen molar-refractivity contribution in [2.24, 2.45) is 0 Å². The smallest absolute Gasteiger partial charge is 0.268 e. The van der Waals surface area contributed by atoms with Crippen LogP contribution in [0.5, 0.6) is 0 Å². The fraction of sp³-hybridized carbons (Fsp3) is 0.478. The fourth-order valence-corrected chi connectivity index (χ4v) is 4.05. The molecule has 8 heteroatoms. The van der Waals surface area contributed by atoms with Gasteiger partial charge in [0.15, 0.2) is 11.5 Å². The Morgan fingerprint density at radius 2 is 1.90 bits per heavy atom. The first-order chi connectivity index (χ1) is 15.0. The average Bonchev–Trinajstić information content (AvgIpc) is 3.41. The Labute approximate surface area is 180 Å². The maximum atomic E-state index is 13.0. The normalized spacial score (nSPS) is 16.5. The molecule has 3 heterocycles. The molecule has 0 aliphatic heterocycles. The minimum absolute atomic E-state index is 0.145. The summed E-state index contributed by atoms with van der Waals surface area (Å²) in [6, 6.07) is 6.04. The molecule has 1 fully saturated rings. The molecule has 0 aromatic carbocycles. The van der Waals surface area contributed by atoms with Crippen molar-refractivity contribution in [3.63, 3.8) is 0 Å². The quantitative estimate of drug-likeness (QED) is 0.656. The molecule has 1 N–H and O–H groups in total. The van der Waals surface area contributed by atoms with Crippen molar-refractivity contribution in [1.82, 2.24) is 20.3 Å². The zero-order chi connectivity index (χ0) is 21.8. The number of hydrogen-bond donors (Lipinski definition) is 1. The van der Waals surface area contributed by atoms with E-state index >= 15 is 0 Å². The van der Waals surface area contributed by atoms with Crippen LogP contribution in [-0.2, 0) is 4.79 Å². The molecule has 1 saturated carbocycles. The number of carbonyl (C=O) groups excluding carboxylic acids is 1. The molecule has 3 aromatic rings. The zero-order valence-electron chi connectivity index (χ0n) is 18.0. The van der Waals surface area contributed by atoms with Crippen molar-refractivity contribution in [2.45, 2.75) is 70.9 Å². The summed E-state index contributed by atoms with van der Waals surface area (Å²) in [5.41, 5.74) is 1.20. The predicted octanol–water partition coefficient (Wildman–Crippen LogP) is 4.26. The molecule has 1 amide bonds. The van der Waals surface area contributed by atoms with Crippen LogP contribution in [0.1, 0.15) is 63.6 Å². The monoisotopic (exact) mass is 424 g/mol. The second kappa shape index (κ2) is 9.32. The molecule has 0 radical (unpaired) electrons. The van der Waals surface area contributed by atoms with Gasteiger partial charge in [0, 0.05) is 18.2 Å². The van der Waals surface area contributed by atoms with E-state index in [1.54, 1.807) is 32.0 Å². The Hall–Kier alpha value is -3.16. The first-order valence-corrected chi connectivity index (χ1v) is 10.9. The first-order valence-electron chi connectivity index (χ1n) is 10.9. The molecular weight excluding hydrogens is 396 g/mol. The summed E-state index contributed by atoms with van der Waals surface area (Å²) >= 11 is 0. The molecule has 31 heavy (non-hydrogen) atoms. The first kappa shape index (κ1) is 21.1. The molecular formula is C23H28N4O4. The van der Waals surface area contributed by atoms with Gasteiger partial charge in [0.1, 0.15) is 11.7 Å². The number of hydrogen-bond acceptors (Lipinski definition) is 6. The van der Waals surface area contributed by atoms with Gasteiger partial charge in [0.05, 0.1) is 17.5 Å². The third-order valence-corrected chi connectivity index (χ3v) is 5.80. The second-order valence-electron chi connectivity index (χ2n) is 8.23. The zero-order valence-corrected chi connectivity index (χ0v) is 18.0. The summed E-state index contributed by atoms with van der Waals surface area (Å²) in [5, 5.41) is 11.5. The van der Waals surface area contributed by atoms with Gasteiger partial charge in [-0.05, 0) is 38.8 Å². The van der Waals surface area contributed by atoms with Gasteiger partial charge < -0.3 is 14.3 Å². The number of rotatable bonds is 5. The highest BCUT2D eigenvalue weighted by Gasteiger charge is 2.24. The summed E-state index contributed by atoms with van der Waals surface area (Å²) in [4.78, 5) is 25.9. The van der Waals surface area contributed by atoms with Crippen LogP contribution in [-0.4, -0.2) is 26.9 Å². The fourth-order valence-electron chi connectivity index (χ4n) is 4.05. The molecule has 8 nitrogen and oxygen atoms in total. The third-order valence-electron chi connectivity index (χ3n) is 5.80. The number of nitrogens with zero attached hydrogens (tertiary/aromatic N) is 3. The van der Waals surface area contributed by atoms with E-state index in [9.17, 15) is 9.59 Å². The van der Waals surface area contributed by atoms with Crippen LogP contribution in [0, 0.1) is 6.92 Å². The number of nitrogens with one attached hydrogen (secondary N) is 1. The van der Waals surface area contributed by atoms with Gasteiger partial charge in [-0.15, -0.1) is 0 Å². The second-order valence-corrected chi connectivity index (χ2v) is 8.23. The summed E-state index contributed by atoms with van der Waals surface area (Å²) in [5.74, 6) is 0.700. The lowest BCUT2D eigenvalue weighted by Gasteiger charge is -2.23. The summed E-state index contributed by atoms with van der Waals surface area (Å²) in [7, 11) is 0. The highest BCUT2D eigenvalue weighted by atomic mass is 16.5. The number of amides is 1. The van der Waals surface area contributed by atoms with Gasteiger partial charge >= 0.3 is 0 Å². The number of furan rings is 1. The molecule has 164 valence electrons. The molecule has 0 saturated heterocycles. The maximum Gasteiger partial charge on any atom is 0.268 e. The largest absolute Gasteiger partial charge is 0.463 e. The van der Waals surface area contributed by atoms with Crippen LogP contribution in [0.4, 0.5) is 0 Å². The molecule has 1 atom stereocenters. The van der Waals surface area contributed by atoms with Crippen LogP contribution in [0.2, 0.25) is 0 Å². The number of aromatic nitrogens is 3. The molecule has 0 spiro atoms. The highest BCUT2D eigenvalue weighted by molar-refractivity contribution is 5.80. The van der Waals surface area contributed by atoms with Gasteiger partial charge in [-0.25, -0.2) is 4.68 Å². The van der Waals surface area contributed by atoms with Crippen molar-refractivity contribution in [2.75, 3.05) is 0 Å². The van der Waals surface area contributed by atoms with E-state index in [1.165, 1.54) is 36.3 Å². The van der Waals surface area contributed by atoms with Crippen LogP contribution < -0.4 is 10.9 Å². The molecule has 1 unspecified atom stereocenters. The van der Waals surface area contributed by atoms with Crippen LogP contribution >= 0.6 is 0 Å². The summed E-state index contributed by atoms with van der Waals surface area (Å²) < 4.78 is 12.1. The van der Waals surface area contributed by atoms with Gasteiger partial charge in [-0.2, -0.15) is 5.10 Å². The molecule has 1 aliphatic carbocycles. The predicted molar refractivity (Wildman–Crippen MR) is 115 cm³/mol. The Morgan fingerprint density at radius 3 is 2.55 bits per heavy atom. The minimum atomic E-state index is -0.753. The van der Waals surface area contributed by atoms with Crippen molar-refractivity contribution in [3.8, 4) is 22.8 Å². The average molecular weight is 425 g/mol. The van der Waals surface area contributed by atoms with Gasteiger partial charge in [-0.1, -0.05) is 37.3 Å². The Morgan fingerprint density at radius 1 is 1.16 bits per heavy atom. The van der Waals surface area contributed by atoms with E-state index in [-0.39, 0.29) is 17.5 Å². The van der Waals surface area contributed by atoms with Crippen LogP contribution in [0.25, 0.3) is 22.8 Å². The highest BCUT2D eigenvalue weighted by Crippen LogP contribution is 2.30. The van der Waals surface area contributed by atoms with E-state index in [0.717, 1.165) is 25.7 Å². The minimum Gasteiger partial charge on any atom is -0.463 e. The van der Waals surface area contributed by atoms with E-state index in [0.29, 0.717) is 28.5 Å². The summed E-state index contributed by atoms with van der Waals surface area (Å²) in [6.45, 7) is 3.49. The van der Waals surface area contributed by atoms with Crippen LogP contribution in [0.15, 0.2) is 44.3 Å². The van der Waals surface area contributed by atoms with Crippen LogP contribution in [0.3, 0.4) is 0 Å². The molecule has 1 aliphatic rings. The topological polar surface area (TPSA) is 103 Å². The van der Waals surface area contributed by atoms with Crippen molar-refractivity contribution >= 4 is 5.91 Å².